The van der Waals surface area contributed by atoms with E-state index in [4.69, 9.17) is 9.47 Å². The highest BCUT2D eigenvalue weighted by Crippen LogP contribution is 2.23. The van der Waals surface area contributed by atoms with Crippen molar-refractivity contribution < 1.29 is 39.8 Å². The molecule has 1 fully saturated rings. The number of carbonyl (C=O) groups is 1. The Morgan fingerprint density at radius 3 is 1.42 bits per heavy atom. The third-order valence-corrected chi connectivity index (χ3v) is 12.0. The maximum absolute atomic E-state index is 13.0. The fourth-order valence-electron chi connectivity index (χ4n) is 8.00. The van der Waals surface area contributed by atoms with Crippen LogP contribution in [0.4, 0.5) is 0 Å². The largest absolute Gasteiger partial charge is 0.394 e. The maximum atomic E-state index is 13.0. The summed E-state index contributed by atoms with van der Waals surface area (Å²) < 4.78 is 11.2. The highest BCUT2D eigenvalue weighted by molar-refractivity contribution is 5.76. The molecule has 1 heterocycles. The molecule has 0 saturated carbocycles. The summed E-state index contributed by atoms with van der Waals surface area (Å²) in [4.78, 5) is 13.0. The van der Waals surface area contributed by atoms with Crippen LogP contribution in [0.15, 0.2) is 24.3 Å². The molecule has 9 nitrogen and oxygen atoms in total. The van der Waals surface area contributed by atoms with Crippen molar-refractivity contribution in [1.82, 2.24) is 5.32 Å². The molecule has 1 aliphatic rings. The molecule has 0 bridgehead atoms. The third kappa shape index (κ3) is 31.2. The van der Waals surface area contributed by atoms with Crippen molar-refractivity contribution in [2.45, 2.75) is 275 Å². The van der Waals surface area contributed by atoms with E-state index in [0.717, 1.165) is 38.5 Å². The van der Waals surface area contributed by atoms with E-state index in [1.807, 2.05) is 6.08 Å². The van der Waals surface area contributed by atoms with Gasteiger partial charge in [-0.25, -0.2) is 0 Å². The number of rotatable bonds is 42. The Morgan fingerprint density at radius 2 is 0.966 bits per heavy atom. The zero-order valence-electron chi connectivity index (χ0n) is 38.3. The zero-order chi connectivity index (χ0) is 43.0. The third-order valence-electron chi connectivity index (χ3n) is 12.0. The van der Waals surface area contributed by atoms with Crippen LogP contribution in [0.1, 0.15) is 232 Å². The van der Waals surface area contributed by atoms with Crippen molar-refractivity contribution in [2.75, 3.05) is 13.2 Å². The molecule has 0 aromatic carbocycles. The zero-order valence-corrected chi connectivity index (χ0v) is 38.3. The number of carbonyl (C=O) groups excluding carboxylic acids is 1. The lowest BCUT2D eigenvalue weighted by molar-refractivity contribution is -0.302. The lowest BCUT2D eigenvalue weighted by atomic mass is 9.99. The summed E-state index contributed by atoms with van der Waals surface area (Å²) in [7, 11) is 0. The number of ether oxygens (including phenoxy) is 2. The first-order valence-electron chi connectivity index (χ1n) is 25.1. The van der Waals surface area contributed by atoms with Gasteiger partial charge in [0.25, 0.3) is 0 Å². The second-order valence-electron chi connectivity index (χ2n) is 17.6. The standard InChI is InChI=1S/C50H95NO8/c1-3-5-7-9-11-13-15-17-19-20-21-22-23-24-26-27-29-31-33-35-37-39-44(53)43(42-58-50-49(57)48(56)47(55)45(41-52)59-50)51-46(54)40-38-36-34-32-30-28-25-18-16-14-12-10-8-6-4-2/h29,31,37,39,43-45,47-50,52-53,55-57H,3-28,30,32-36,38,40-42H2,1-2H3,(H,51,54)/b31-29+,39-37+. The van der Waals surface area contributed by atoms with Crippen LogP contribution in [-0.2, 0) is 14.3 Å². The fraction of sp³-hybridized carbons (Fsp3) is 0.900. The Kier molecular flexibility index (Phi) is 38.4. The molecule has 0 aromatic heterocycles. The molecular weight excluding hydrogens is 743 g/mol. The van der Waals surface area contributed by atoms with E-state index < -0.39 is 49.5 Å². The van der Waals surface area contributed by atoms with Gasteiger partial charge in [0.2, 0.25) is 5.91 Å². The molecular formula is C50H95NO8. The molecule has 59 heavy (non-hydrogen) atoms. The van der Waals surface area contributed by atoms with Gasteiger partial charge in [-0.1, -0.05) is 218 Å². The normalized spacial score (nSPS) is 20.8. The van der Waals surface area contributed by atoms with Gasteiger partial charge in [0, 0.05) is 6.42 Å². The molecule has 0 spiro atoms. The van der Waals surface area contributed by atoms with Crippen LogP contribution in [-0.4, -0.2) is 87.5 Å². The first-order chi connectivity index (χ1) is 28.8. The van der Waals surface area contributed by atoms with Crippen LogP contribution >= 0.6 is 0 Å². The number of amides is 1. The first-order valence-corrected chi connectivity index (χ1v) is 25.1. The van der Waals surface area contributed by atoms with E-state index in [2.05, 4.69) is 31.3 Å². The van der Waals surface area contributed by atoms with E-state index >= 15 is 0 Å². The van der Waals surface area contributed by atoms with E-state index in [1.165, 1.54) is 173 Å². The summed E-state index contributed by atoms with van der Waals surface area (Å²) in [6.45, 7) is 3.78. The van der Waals surface area contributed by atoms with Crippen LogP contribution in [0.5, 0.6) is 0 Å². The molecule has 1 saturated heterocycles. The molecule has 1 rings (SSSR count). The number of hydrogen-bond donors (Lipinski definition) is 6. The topological polar surface area (TPSA) is 149 Å². The lowest BCUT2D eigenvalue weighted by Gasteiger charge is -2.40. The van der Waals surface area contributed by atoms with Crippen LogP contribution in [0.3, 0.4) is 0 Å². The van der Waals surface area contributed by atoms with Crippen molar-refractivity contribution in [1.29, 1.82) is 0 Å². The first kappa shape index (κ1) is 55.7. The SMILES string of the molecule is CCCCCCCCCCCCCCCCC/C=C/CC/C=C/C(O)C(COC1OC(CO)C(O)C(O)C1O)NC(=O)CCCCCCCCCCCCCCCCC. The average Bonchev–Trinajstić information content (AvgIpc) is 3.23. The molecule has 1 amide bonds. The maximum Gasteiger partial charge on any atom is 0.220 e. The van der Waals surface area contributed by atoms with E-state index in [0.29, 0.717) is 6.42 Å². The number of hydrogen-bond acceptors (Lipinski definition) is 8. The Balaban J connectivity index is 2.32. The van der Waals surface area contributed by atoms with Crippen LogP contribution in [0.25, 0.3) is 0 Å². The molecule has 7 atom stereocenters. The quantitative estimate of drug-likeness (QED) is 0.0263. The Labute approximate surface area is 362 Å². The Bertz CT molecular complexity index is 977. The number of unbranched alkanes of at least 4 members (excludes halogenated alkanes) is 30. The fourth-order valence-corrected chi connectivity index (χ4v) is 8.00. The number of aliphatic hydroxyl groups is 5. The molecule has 348 valence electrons. The summed E-state index contributed by atoms with van der Waals surface area (Å²) in [5.41, 5.74) is 0. The van der Waals surface area contributed by atoms with E-state index in [9.17, 15) is 30.3 Å². The molecule has 1 aliphatic heterocycles. The Hall–Kier alpha value is -1.33. The second-order valence-corrected chi connectivity index (χ2v) is 17.6. The monoisotopic (exact) mass is 838 g/mol. The van der Waals surface area contributed by atoms with Crippen molar-refractivity contribution in [3.8, 4) is 0 Å². The lowest BCUT2D eigenvalue weighted by Crippen LogP contribution is -2.60. The summed E-state index contributed by atoms with van der Waals surface area (Å²) in [5, 5.41) is 54.3. The molecule has 0 radical (unpaired) electrons. The van der Waals surface area contributed by atoms with Gasteiger partial charge in [0.05, 0.1) is 25.4 Å². The minimum Gasteiger partial charge on any atom is -0.394 e. The van der Waals surface area contributed by atoms with Gasteiger partial charge in [0.15, 0.2) is 6.29 Å². The predicted molar refractivity (Wildman–Crippen MR) is 244 cm³/mol. The smallest absolute Gasteiger partial charge is 0.220 e. The van der Waals surface area contributed by atoms with Crippen molar-refractivity contribution >= 4 is 5.91 Å². The predicted octanol–water partition coefficient (Wildman–Crippen LogP) is 11.1. The highest BCUT2D eigenvalue weighted by atomic mass is 16.7. The molecule has 6 N–H and O–H groups in total. The summed E-state index contributed by atoms with van der Waals surface area (Å²) in [6.07, 6.45) is 42.3. The second kappa shape index (κ2) is 40.7. The van der Waals surface area contributed by atoms with Crippen molar-refractivity contribution in [3.63, 3.8) is 0 Å². The Morgan fingerprint density at radius 1 is 0.559 bits per heavy atom. The highest BCUT2D eigenvalue weighted by Gasteiger charge is 2.44. The van der Waals surface area contributed by atoms with Crippen LogP contribution in [0.2, 0.25) is 0 Å². The van der Waals surface area contributed by atoms with Gasteiger partial charge in [-0.3, -0.25) is 4.79 Å². The molecule has 9 heteroatoms. The summed E-state index contributed by atoms with van der Waals surface area (Å²) >= 11 is 0. The van der Waals surface area contributed by atoms with Gasteiger partial charge < -0.3 is 40.3 Å². The molecule has 0 aromatic rings. The van der Waals surface area contributed by atoms with Crippen molar-refractivity contribution in [2.24, 2.45) is 0 Å². The van der Waals surface area contributed by atoms with Gasteiger partial charge in [-0.15, -0.1) is 0 Å². The van der Waals surface area contributed by atoms with Gasteiger partial charge in [-0.2, -0.15) is 0 Å². The van der Waals surface area contributed by atoms with E-state index in [1.54, 1.807) is 6.08 Å². The summed E-state index contributed by atoms with van der Waals surface area (Å²) in [6, 6.07) is -0.817. The summed E-state index contributed by atoms with van der Waals surface area (Å²) in [5.74, 6) is -0.184. The number of aliphatic hydroxyl groups excluding tert-OH is 5. The van der Waals surface area contributed by atoms with Gasteiger partial charge in [0.1, 0.15) is 24.4 Å². The molecule has 7 unspecified atom stereocenters. The van der Waals surface area contributed by atoms with Gasteiger partial charge in [-0.05, 0) is 32.1 Å². The van der Waals surface area contributed by atoms with Crippen LogP contribution < -0.4 is 5.32 Å². The van der Waals surface area contributed by atoms with Gasteiger partial charge >= 0.3 is 0 Å². The van der Waals surface area contributed by atoms with Crippen LogP contribution in [0, 0.1) is 0 Å². The number of nitrogens with one attached hydrogen (secondary N) is 1. The minimum atomic E-state index is -1.57. The van der Waals surface area contributed by atoms with Crippen molar-refractivity contribution in [3.05, 3.63) is 24.3 Å². The number of allylic oxidation sites excluding steroid dienone is 3. The minimum absolute atomic E-state index is 0.184. The van der Waals surface area contributed by atoms with E-state index in [-0.39, 0.29) is 12.5 Å². The average molecular weight is 838 g/mol. The molecule has 0 aliphatic carbocycles.